The maximum atomic E-state index is 13.3. The van der Waals surface area contributed by atoms with Crippen LogP contribution in [-0.4, -0.2) is 54.2 Å². The maximum Gasteiger partial charge on any atom is 0.408 e. The molecule has 0 aromatic heterocycles. The van der Waals surface area contributed by atoms with Crippen molar-refractivity contribution in [3.05, 3.63) is 71.8 Å². The highest BCUT2D eigenvalue weighted by molar-refractivity contribution is 8.13. The molecule has 2 unspecified atom stereocenters. The lowest BCUT2D eigenvalue weighted by Crippen LogP contribution is -2.51. The lowest BCUT2D eigenvalue weighted by Gasteiger charge is -2.22. The SMILES string of the molecule is NC(N)=NCCCC(NC(=O)OCc1ccccc1)C(=O)NC(CCCN=C(N)N)C(=O)SCc1ccccc1. The number of carbonyl (C=O) groups excluding carboxylic acids is 3. The molecule has 0 spiro atoms. The monoisotopic (exact) mass is 570 g/mol. The highest BCUT2D eigenvalue weighted by atomic mass is 32.2. The Kier molecular flexibility index (Phi) is 14.5. The van der Waals surface area contributed by atoms with Crippen LogP contribution >= 0.6 is 11.8 Å². The lowest BCUT2D eigenvalue weighted by atomic mass is 10.1. The number of hydrogen-bond acceptors (Lipinski definition) is 7. The van der Waals surface area contributed by atoms with Gasteiger partial charge in [-0.1, -0.05) is 72.4 Å². The summed E-state index contributed by atoms with van der Waals surface area (Å²) in [6.07, 6.45) is 0.625. The number of guanidine groups is 2. The molecule has 0 bridgehead atoms. The van der Waals surface area contributed by atoms with Crippen LogP contribution in [0.4, 0.5) is 4.79 Å². The summed E-state index contributed by atoms with van der Waals surface area (Å²) in [5.74, 6) is -0.198. The predicted molar refractivity (Wildman–Crippen MR) is 158 cm³/mol. The Labute approximate surface area is 238 Å². The molecule has 2 aromatic rings. The summed E-state index contributed by atoms with van der Waals surface area (Å²) >= 11 is 1.10. The van der Waals surface area contributed by atoms with E-state index in [1.54, 1.807) is 0 Å². The maximum absolute atomic E-state index is 13.3. The van der Waals surface area contributed by atoms with E-state index in [0.29, 0.717) is 31.6 Å². The third-order valence-corrected chi connectivity index (χ3v) is 6.58. The first-order chi connectivity index (χ1) is 19.2. The van der Waals surface area contributed by atoms with Gasteiger partial charge in [0.2, 0.25) is 11.0 Å². The van der Waals surface area contributed by atoms with Crippen LogP contribution in [-0.2, 0) is 26.7 Å². The average Bonchev–Trinajstić information content (AvgIpc) is 2.94. The van der Waals surface area contributed by atoms with Crippen LogP contribution in [0.1, 0.15) is 36.8 Å². The van der Waals surface area contributed by atoms with Crippen molar-refractivity contribution in [1.29, 1.82) is 0 Å². The third kappa shape index (κ3) is 13.5. The summed E-state index contributed by atoms with van der Waals surface area (Å²) in [7, 11) is 0. The van der Waals surface area contributed by atoms with Crippen molar-refractivity contribution < 1.29 is 19.1 Å². The molecule has 2 atom stereocenters. The standard InChI is InChI=1S/C27H38N8O4S/c28-25(29)32-15-7-13-21(35-27(38)39-17-19-9-3-1-4-10-19)23(36)34-22(14-8-16-33-26(30)31)24(37)40-18-20-11-5-2-6-12-20/h1-6,9-12,21-22H,7-8,13-18H2,(H,34,36)(H,35,38)(H4,28,29,32)(H4,30,31,33). The largest absolute Gasteiger partial charge is 0.445 e. The van der Waals surface area contributed by atoms with E-state index >= 15 is 0 Å². The van der Waals surface area contributed by atoms with Crippen molar-refractivity contribution in [1.82, 2.24) is 10.6 Å². The zero-order valence-corrected chi connectivity index (χ0v) is 23.1. The first-order valence-corrected chi connectivity index (χ1v) is 13.8. The molecule has 13 heteroatoms. The zero-order chi connectivity index (χ0) is 29.2. The molecule has 40 heavy (non-hydrogen) atoms. The van der Waals surface area contributed by atoms with Gasteiger partial charge in [0.1, 0.15) is 12.6 Å². The van der Waals surface area contributed by atoms with E-state index in [2.05, 4.69) is 20.6 Å². The first-order valence-electron chi connectivity index (χ1n) is 12.8. The van der Waals surface area contributed by atoms with Gasteiger partial charge in [-0.3, -0.25) is 19.6 Å². The molecular formula is C27H38N8O4S. The summed E-state index contributed by atoms with van der Waals surface area (Å²) in [6, 6.07) is 16.9. The van der Waals surface area contributed by atoms with E-state index < -0.39 is 24.1 Å². The van der Waals surface area contributed by atoms with E-state index in [0.717, 1.165) is 22.9 Å². The van der Waals surface area contributed by atoms with Crippen LogP contribution in [0.3, 0.4) is 0 Å². The minimum atomic E-state index is -0.982. The van der Waals surface area contributed by atoms with Crippen molar-refractivity contribution in [3.63, 3.8) is 0 Å². The van der Waals surface area contributed by atoms with Gasteiger partial charge in [-0.2, -0.15) is 0 Å². The minimum Gasteiger partial charge on any atom is -0.445 e. The van der Waals surface area contributed by atoms with Gasteiger partial charge in [-0.05, 0) is 36.8 Å². The molecule has 0 heterocycles. The van der Waals surface area contributed by atoms with Crippen molar-refractivity contribution in [2.75, 3.05) is 13.1 Å². The number of alkyl carbamates (subject to hydrolysis) is 1. The van der Waals surface area contributed by atoms with Crippen molar-refractivity contribution in [3.8, 4) is 0 Å². The van der Waals surface area contributed by atoms with Gasteiger partial charge in [0.05, 0.1) is 6.04 Å². The summed E-state index contributed by atoms with van der Waals surface area (Å²) in [4.78, 5) is 46.8. The lowest BCUT2D eigenvalue weighted by molar-refractivity contribution is -0.126. The predicted octanol–water partition coefficient (Wildman–Crippen LogP) is 1.33. The van der Waals surface area contributed by atoms with Gasteiger partial charge in [-0.25, -0.2) is 4.79 Å². The van der Waals surface area contributed by atoms with Crippen LogP contribution in [0.25, 0.3) is 0 Å². The fourth-order valence-corrected chi connectivity index (χ4v) is 4.41. The molecule has 2 amide bonds. The van der Waals surface area contributed by atoms with Gasteiger partial charge < -0.3 is 38.3 Å². The second-order valence-corrected chi connectivity index (χ2v) is 9.79. The normalized spacial score (nSPS) is 11.9. The molecule has 216 valence electrons. The molecule has 12 nitrogen and oxygen atoms in total. The van der Waals surface area contributed by atoms with Crippen molar-refractivity contribution in [2.45, 2.75) is 50.1 Å². The van der Waals surface area contributed by atoms with E-state index in [9.17, 15) is 14.4 Å². The number of carbonyl (C=O) groups is 3. The Morgan fingerprint density at radius 3 is 1.82 bits per heavy atom. The highest BCUT2D eigenvalue weighted by Crippen LogP contribution is 2.17. The van der Waals surface area contributed by atoms with Gasteiger partial charge in [0.15, 0.2) is 11.9 Å². The number of nitrogens with zero attached hydrogens (tertiary/aromatic N) is 2. The van der Waals surface area contributed by atoms with Crippen LogP contribution in [0.15, 0.2) is 70.6 Å². The molecule has 10 N–H and O–H groups in total. The van der Waals surface area contributed by atoms with Crippen LogP contribution in [0.5, 0.6) is 0 Å². The second kappa shape index (κ2) is 18.1. The smallest absolute Gasteiger partial charge is 0.408 e. The van der Waals surface area contributed by atoms with Gasteiger partial charge in [0.25, 0.3) is 0 Å². The number of ether oxygens (including phenoxy) is 1. The first kappa shape index (κ1) is 32.0. The Morgan fingerprint density at radius 1 is 0.750 bits per heavy atom. The molecule has 0 fully saturated rings. The molecule has 0 aliphatic carbocycles. The third-order valence-electron chi connectivity index (χ3n) is 5.54. The van der Waals surface area contributed by atoms with Crippen molar-refractivity contribution in [2.24, 2.45) is 32.9 Å². The molecule has 0 saturated heterocycles. The number of aliphatic imine (C=N–C) groups is 2. The molecule has 2 rings (SSSR count). The number of rotatable bonds is 16. The quantitative estimate of drug-likeness (QED) is 0.0974. The van der Waals surface area contributed by atoms with Crippen LogP contribution < -0.4 is 33.6 Å². The Morgan fingerprint density at radius 2 is 1.27 bits per heavy atom. The van der Waals surface area contributed by atoms with Crippen molar-refractivity contribution >= 4 is 40.8 Å². The molecule has 0 aliphatic rings. The van der Waals surface area contributed by atoms with Crippen LogP contribution in [0.2, 0.25) is 0 Å². The summed E-state index contributed by atoms with van der Waals surface area (Å²) in [6.45, 7) is 0.606. The molecule has 0 aliphatic heterocycles. The average molecular weight is 571 g/mol. The van der Waals surface area contributed by atoms with Gasteiger partial charge in [-0.15, -0.1) is 0 Å². The summed E-state index contributed by atoms with van der Waals surface area (Å²) < 4.78 is 5.29. The molecule has 2 aromatic carbocycles. The Hall–Kier alpha value is -4.26. The van der Waals surface area contributed by atoms with Gasteiger partial charge in [0, 0.05) is 18.8 Å². The molecular weight excluding hydrogens is 532 g/mol. The van der Waals surface area contributed by atoms with E-state index in [1.807, 2.05) is 60.7 Å². The number of nitrogens with two attached hydrogens (primary N) is 4. The number of benzene rings is 2. The number of hydrogen-bond donors (Lipinski definition) is 6. The molecule has 0 saturated carbocycles. The van der Waals surface area contributed by atoms with Crippen LogP contribution in [0, 0.1) is 0 Å². The Bertz CT molecular complexity index is 1120. The van der Waals surface area contributed by atoms with E-state index in [1.165, 1.54) is 0 Å². The number of nitrogens with one attached hydrogen (secondary N) is 2. The Balaban J connectivity index is 2.07. The molecule has 0 radical (unpaired) electrons. The van der Waals surface area contributed by atoms with E-state index in [-0.39, 0.29) is 36.6 Å². The fraction of sp³-hybridized carbons (Fsp3) is 0.370. The topological polar surface area (TPSA) is 213 Å². The summed E-state index contributed by atoms with van der Waals surface area (Å²) in [5, 5.41) is 5.18. The summed E-state index contributed by atoms with van der Waals surface area (Å²) in [5.41, 5.74) is 23.3. The zero-order valence-electron chi connectivity index (χ0n) is 22.3. The second-order valence-electron chi connectivity index (χ2n) is 8.81. The minimum absolute atomic E-state index is 0.0387. The highest BCUT2D eigenvalue weighted by Gasteiger charge is 2.27. The number of amides is 2. The van der Waals surface area contributed by atoms with E-state index in [4.69, 9.17) is 27.7 Å². The number of thioether (sulfide) groups is 1. The fourth-order valence-electron chi connectivity index (χ4n) is 3.53. The van der Waals surface area contributed by atoms with Gasteiger partial charge >= 0.3 is 6.09 Å².